The normalized spacial score (nSPS) is 11.8. The van der Waals surface area contributed by atoms with Gasteiger partial charge in [-0.3, -0.25) is 0 Å². The van der Waals surface area contributed by atoms with Crippen LogP contribution < -0.4 is 0 Å². The zero-order chi connectivity index (χ0) is 13.9. The molecule has 6 heteroatoms. The molecule has 1 aromatic rings. The molecule has 0 saturated carbocycles. The summed E-state index contributed by atoms with van der Waals surface area (Å²) >= 11 is 5.78. The highest BCUT2D eigenvalue weighted by molar-refractivity contribution is 7.89. The van der Waals surface area contributed by atoms with E-state index in [1.807, 2.05) is 0 Å². The molecule has 1 aromatic carbocycles. The first-order valence-electron chi connectivity index (χ1n) is 5.38. The Morgan fingerprint density at radius 1 is 1.50 bits per heavy atom. The van der Waals surface area contributed by atoms with Crippen molar-refractivity contribution in [3.05, 3.63) is 41.2 Å². The number of halogens is 2. The molecule has 0 amide bonds. The highest BCUT2D eigenvalue weighted by Crippen LogP contribution is 2.25. The van der Waals surface area contributed by atoms with E-state index >= 15 is 0 Å². The van der Waals surface area contributed by atoms with E-state index in [9.17, 15) is 12.8 Å². The van der Waals surface area contributed by atoms with E-state index in [0.29, 0.717) is 6.54 Å². The first kappa shape index (κ1) is 15.1. The van der Waals surface area contributed by atoms with Gasteiger partial charge in [0.15, 0.2) is 0 Å². The highest BCUT2D eigenvalue weighted by Gasteiger charge is 2.25. The molecule has 0 aliphatic rings. The molecule has 0 aliphatic heterocycles. The summed E-state index contributed by atoms with van der Waals surface area (Å²) in [6.07, 6.45) is 0. The Balaban J connectivity index is 3.23. The van der Waals surface area contributed by atoms with E-state index in [1.165, 1.54) is 10.4 Å². The topological polar surface area (TPSA) is 37.4 Å². The molecule has 0 heterocycles. The predicted molar refractivity (Wildman–Crippen MR) is 70.7 cm³/mol. The van der Waals surface area contributed by atoms with E-state index in [4.69, 9.17) is 11.6 Å². The molecule has 0 radical (unpaired) electrons. The van der Waals surface area contributed by atoms with Crippen molar-refractivity contribution in [2.24, 2.45) is 0 Å². The van der Waals surface area contributed by atoms with Gasteiger partial charge >= 0.3 is 0 Å². The number of hydrogen-bond acceptors (Lipinski definition) is 2. The molecule has 18 heavy (non-hydrogen) atoms. The molecular weight excluding hydrogens is 277 g/mol. The average molecular weight is 292 g/mol. The second-order valence-corrected chi connectivity index (χ2v) is 6.28. The summed E-state index contributed by atoms with van der Waals surface area (Å²) in [5, 5.41) is -0.116. The quantitative estimate of drug-likeness (QED) is 0.782. The van der Waals surface area contributed by atoms with Crippen LogP contribution in [0, 0.1) is 5.82 Å². The largest absolute Gasteiger partial charge is 0.244 e. The van der Waals surface area contributed by atoms with Gasteiger partial charge in [-0.25, -0.2) is 12.8 Å². The van der Waals surface area contributed by atoms with Gasteiger partial charge in [-0.15, -0.1) is 0 Å². The van der Waals surface area contributed by atoms with Crippen molar-refractivity contribution in [2.75, 3.05) is 13.1 Å². The number of benzene rings is 1. The first-order valence-corrected chi connectivity index (χ1v) is 7.20. The van der Waals surface area contributed by atoms with E-state index in [-0.39, 0.29) is 16.5 Å². The van der Waals surface area contributed by atoms with Gasteiger partial charge in [-0.2, -0.15) is 4.31 Å². The summed E-state index contributed by atoms with van der Waals surface area (Å²) in [7, 11) is -3.72. The van der Waals surface area contributed by atoms with Crippen molar-refractivity contribution in [2.45, 2.75) is 18.7 Å². The van der Waals surface area contributed by atoms with Gasteiger partial charge in [-0.1, -0.05) is 30.7 Å². The number of likely N-dealkylation sites (N-methyl/N-ethyl adjacent to an activating group) is 1. The van der Waals surface area contributed by atoms with Crippen LogP contribution in [0.1, 0.15) is 13.8 Å². The zero-order valence-corrected chi connectivity index (χ0v) is 11.9. The molecule has 0 spiro atoms. The number of nitrogens with zero attached hydrogens (tertiary/aromatic N) is 1. The molecule has 0 aliphatic carbocycles. The minimum atomic E-state index is -3.72. The highest BCUT2D eigenvalue weighted by atomic mass is 35.5. The fourth-order valence-corrected chi connectivity index (χ4v) is 3.50. The van der Waals surface area contributed by atoms with Gasteiger partial charge in [0.2, 0.25) is 10.0 Å². The second-order valence-electron chi connectivity index (χ2n) is 3.96. The molecule has 0 aromatic heterocycles. The SMILES string of the molecule is C=C(C)CN(CC)S(=O)(=O)c1ccc(F)cc1Cl. The van der Waals surface area contributed by atoms with E-state index < -0.39 is 15.8 Å². The fraction of sp³-hybridized carbons (Fsp3) is 0.333. The predicted octanol–water partition coefficient (Wildman–Crippen LogP) is 3.07. The van der Waals surface area contributed by atoms with E-state index in [2.05, 4.69) is 6.58 Å². The summed E-state index contributed by atoms with van der Waals surface area (Å²) in [6, 6.07) is 3.24. The van der Waals surface area contributed by atoms with Crippen LogP contribution in [0.3, 0.4) is 0 Å². The molecular formula is C12H15ClFNO2S. The first-order chi connectivity index (χ1) is 8.28. The van der Waals surface area contributed by atoms with Gasteiger partial charge in [0.25, 0.3) is 0 Å². The lowest BCUT2D eigenvalue weighted by Gasteiger charge is -2.21. The molecule has 100 valence electrons. The molecule has 0 N–H and O–H groups in total. The van der Waals surface area contributed by atoms with Crippen LogP contribution in [-0.4, -0.2) is 25.8 Å². The maximum absolute atomic E-state index is 12.9. The summed E-state index contributed by atoms with van der Waals surface area (Å²) < 4.78 is 38.8. The van der Waals surface area contributed by atoms with Crippen LogP contribution in [0.25, 0.3) is 0 Å². The third-order valence-electron chi connectivity index (χ3n) is 2.31. The minimum Gasteiger partial charge on any atom is -0.207 e. The van der Waals surface area contributed by atoms with Crippen molar-refractivity contribution in [3.8, 4) is 0 Å². The Morgan fingerprint density at radius 3 is 2.56 bits per heavy atom. The molecule has 0 bridgehead atoms. The van der Waals surface area contributed by atoms with Crippen LogP contribution in [0.2, 0.25) is 5.02 Å². The average Bonchev–Trinajstić information content (AvgIpc) is 2.24. The Kier molecular flexibility index (Phi) is 4.90. The van der Waals surface area contributed by atoms with Gasteiger partial charge in [0, 0.05) is 13.1 Å². The van der Waals surface area contributed by atoms with Crippen LogP contribution in [0.15, 0.2) is 35.2 Å². The molecule has 0 atom stereocenters. The second kappa shape index (κ2) is 5.82. The van der Waals surface area contributed by atoms with Gasteiger partial charge in [0.1, 0.15) is 10.7 Å². The molecule has 3 nitrogen and oxygen atoms in total. The minimum absolute atomic E-state index is 0.0892. The fourth-order valence-electron chi connectivity index (χ4n) is 1.49. The molecule has 0 fully saturated rings. The summed E-state index contributed by atoms with van der Waals surface area (Å²) in [6.45, 7) is 7.66. The number of rotatable bonds is 5. The van der Waals surface area contributed by atoms with Gasteiger partial charge < -0.3 is 0 Å². The Labute approximate surface area is 112 Å². The van der Waals surface area contributed by atoms with Gasteiger partial charge in [-0.05, 0) is 25.1 Å². The monoisotopic (exact) mass is 291 g/mol. The summed E-state index contributed by atoms with van der Waals surface area (Å²) in [5.74, 6) is -0.568. The van der Waals surface area contributed by atoms with Crippen LogP contribution >= 0.6 is 11.6 Å². The smallest absolute Gasteiger partial charge is 0.207 e. The lowest BCUT2D eigenvalue weighted by Crippen LogP contribution is -2.32. The molecule has 0 saturated heterocycles. The third kappa shape index (κ3) is 3.31. The lowest BCUT2D eigenvalue weighted by atomic mass is 10.3. The van der Waals surface area contributed by atoms with Crippen LogP contribution in [0.5, 0.6) is 0 Å². The Hall–Kier alpha value is -0.910. The maximum Gasteiger partial charge on any atom is 0.244 e. The van der Waals surface area contributed by atoms with Crippen LogP contribution in [0.4, 0.5) is 4.39 Å². The maximum atomic E-state index is 12.9. The molecule has 0 unspecified atom stereocenters. The number of hydrogen-bond donors (Lipinski definition) is 0. The molecule has 1 rings (SSSR count). The number of sulfonamides is 1. The third-order valence-corrected chi connectivity index (χ3v) is 4.71. The van der Waals surface area contributed by atoms with Gasteiger partial charge in [0.05, 0.1) is 5.02 Å². The lowest BCUT2D eigenvalue weighted by molar-refractivity contribution is 0.453. The van der Waals surface area contributed by atoms with Crippen molar-refractivity contribution >= 4 is 21.6 Å². The summed E-state index contributed by atoms with van der Waals surface area (Å²) in [5.41, 5.74) is 0.721. The van der Waals surface area contributed by atoms with Crippen molar-refractivity contribution in [1.29, 1.82) is 0 Å². The van der Waals surface area contributed by atoms with Crippen LogP contribution in [-0.2, 0) is 10.0 Å². The van der Waals surface area contributed by atoms with E-state index in [0.717, 1.165) is 17.7 Å². The zero-order valence-electron chi connectivity index (χ0n) is 10.3. The standard InChI is InChI=1S/C12H15ClFNO2S/c1-4-15(8-9(2)3)18(16,17)12-6-5-10(14)7-11(12)13/h5-7H,2,4,8H2,1,3H3. The van der Waals surface area contributed by atoms with Crippen molar-refractivity contribution in [1.82, 2.24) is 4.31 Å². The summed E-state index contributed by atoms with van der Waals surface area (Å²) in [4.78, 5) is -0.0892. The van der Waals surface area contributed by atoms with Crippen molar-refractivity contribution < 1.29 is 12.8 Å². The Bertz CT molecular complexity index is 557. The Morgan fingerprint density at radius 2 is 2.11 bits per heavy atom. The van der Waals surface area contributed by atoms with Crippen molar-refractivity contribution in [3.63, 3.8) is 0 Å². The van der Waals surface area contributed by atoms with E-state index in [1.54, 1.807) is 13.8 Å².